The summed E-state index contributed by atoms with van der Waals surface area (Å²) in [4.78, 5) is 3.58. The van der Waals surface area contributed by atoms with E-state index >= 15 is 0 Å². The van der Waals surface area contributed by atoms with Gasteiger partial charge in [0, 0.05) is 7.05 Å². The molecule has 0 saturated heterocycles. The zero-order valence-electron chi connectivity index (χ0n) is 3.81. The Bertz CT molecular complexity index is 73.6. The molecule has 0 bridgehead atoms. The van der Waals surface area contributed by atoms with Crippen LogP contribution in [0.1, 0.15) is 0 Å². The molecule has 0 aromatic heterocycles. The van der Waals surface area contributed by atoms with Gasteiger partial charge < -0.3 is 5.73 Å². The van der Waals surface area contributed by atoms with Gasteiger partial charge in [-0.1, -0.05) is 6.58 Å². The van der Waals surface area contributed by atoms with Crippen molar-refractivity contribution in [3.63, 3.8) is 0 Å². The second kappa shape index (κ2) is 2.45. The summed E-state index contributed by atoms with van der Waals surface area (Å²) in [5.41, 5.74) is 5.10. The lowest BCUT2D eigenvalue weighted by Crippen LogP contribution is -2.05. The van der Waals surface area contributed by atoms with Crippen LogP contribution < -0.4 is 5.73 Å². The van der Waals surface area contributed by atoms with Crippen molar-refractivity contribution < 1.29 is 0 Å². The van der Waals surface area contributed by atoms with Crippen molar-refractivity contribution in [3.05, 3.63) is 12.7 Å². The number of rotatable bonds is 1. The van der Waals surface area contributed by atoms with Gasteiger partial charge in [0.1, 0.15) is 5.84 Å². The molecule has 0 radical (unpaired) electrons. The van der Waals surface area contributed by atoms with Crippen LogP contribution in [0.4, 0.5) is 0 Å². The van der Waals surface area contributed by atoms with Crippen LogP contribution in [-0.2, 0) is 0 Å². The molecule has 0 amide bonds. The van der Waals surface area contributed by atoms with Crippen molar-refractivity contribution in [2.24, 2.45) is 10.7 Å². The Hall–Kier alpha value is -0.790. The first-order valence-corrected chi connectivity index (χ1v) is 1.66. The number of hydrogen-bond acceptors (Lipinski definition) is 1. The Morgan fingerprint density at radius 2 is 2.50 bits per heavy atom. The molecule has 0 saturated carbocycles. The van der Waals surface area contributed by atoms with Crippen molar-refractivity contribution in [1.29, 1.82) is 0 Å². The van der Waals surface area contributed by atoms with Crippen molar-refractivity contribution in [2.45, 2.75) is 0 Å². The molecule has 0 aromatic rings. The monoisotopic (exact) mass is 84.1 g/mol. The molecule has 2 nitrogen and oxygen atoms in total. The van der Waals surface area contributed by atoms with Crippen LogP contribution in [0.2, 0.25) is 0 Å². The Balaban J connectivity index is 3.50. The maximum Gasteiger partial charge on any atom is 0.117 e. The first-order valence-electron chi connectivity index (χ1n) is 1.66. The minimum atomic E-state index is 0.481. The largest absolute Gasteiger partial charge is 0.384 e. The fourth-order valence-electron chi connectivity index (χ4n) is 0.0913. The molecule has 0 aliphatic heterocycles. The molecule has 0 aliphatic carbocycles. The fourth-order valence-corrected chi connectivity index (χ4v) is 0.0913. The number of amidine groups is 1. The Morgan fingerprint density at radius 3 is 2.50 bits per heavy atom. The lowest BCUT2D eigenvalue weighted by Gasteiger charge is -1.79. The number of aliphatic imine (C=N–C) groups is 1. The zero-order chi connectivity index (χ0) is 4.99. The standard InChI is InChI=1S/C4H8N2/c1-3-4(5)6-2/h3H,1H2,2H3,(H2,5,6). The summed E-state index contributed by atoms with van der Waals surface area (Å²) in [5, 5.41) is 0. The van der Waals surface area contributed by atoms with Gasteiger partial charge in [-0.25, -0.2) is 0 Å². The maximum atomic E-state index is 5.10. The molecule has 34 valence electrons. The molecule has 2 N–H and O–H groups in total. The summed E-state index contributed by atoms with van der Waals surface area (Å²) in [5.74, 6) is 0.481. The van der Waals surface area contributed by atoms with E-state index in [1.54, 1.807) is 7.05 Å². The van der Waals surface area contributed by atoms with Gasteiger partial charge in [-0.3, -0.25) is 4.99 Å². The summed E-state index contributed by atoms with van der Waals surface area (Å²) in [6, 6.07) is 0. The van der Waals surface area contributed by atoms with Crippen LogP contribution in [0.15, 0.2) is 17.6 Å². The molecule has 0 fully saturated rings. The molecule has 0 unspecified atom stereocenters. The minimum absolute atomic E-state index is 0.481. The van der Waals surface area contributed by atoms with E-state index < -0.39 is 0 Å². The second-order valence-corrected chi connectivity index (χ2v) is 0.853. The van der Waals surface area contributed by atoms with Gasteiger partial charge in [-0.2, -0.15) is 0 Å². The Labute approximate surface area is 37.4 Å². The van der Waals surface area contributed by atoms with Crippen LogP contribution in [-0.4, -0.2) is 12.9 Å². The predicted octanol–water partition coefficient (Wildman–Crippen LogP) is 0.159. The van der Waals surface area contributed by atoms with Gasteiger partial charge in [0.05, 0.1) is 0 Å². The normalized spacial score (nSPS) is 11.2. The molecule has 2 heteroatoms. The molecule has 6 heavy (non-hydrogen) atoms. The van der Waals surface area contributed by atoms with Gasteiger partial charge in [-0.15, -0.1) is 0 Å². The van der Waals surface area contributed by atoms with E-state index in [9.17, 15) is 0 Å². The third-order valence-corrected chi connectivity index (χ3v) is 0.467. The maximum absolute atomic E-state index is 5.10. The summed E-state index contributed by atoms with van der Waals surface area (Å²) < 4.78 is 0. The number of nitrogens with two attached hydrogens (primary N) is 1. The molecule has 0 rings (SSSR count). The van der Waals surface area contributed by atoms with Gasteiger partial charge in [0.25, 0.3) is 0 Å². The van der Waals surface area contributed by atoms with E-state index in [0.717, 1.165) is 0 Å². The van der Waals surface area contributed by atoms with E-state index in [-0.39, 0.29) is 0 Å². The third-order valence-electron chi connectivity index (χ3n) is 0.467. The van der Waals surface area contributed by atoms with Crippen LogP contribution >= 0.6 is 0 Å². The molecular formula is C4H8N2. The van der Waals surface area contributed by atoms with Gasteiger partial charge in [0.2, 0.25) is 0 Å². The van der Waals surface area contributed by atoms with E-state index in [2.05, 4.69) is 11.6 Å². The number of hydrogen-bond donors (Lipinski definition) is 1. The van der Waals surface area contributed by atoms with E-state index in [4.69, 9.17) is 5.73 Å². The van der Waals surface area contributed by atoms with Crippen LogP contribution in [0.25, 0.3) is 0 Å². The predicted molar refractivity (Wildman–Crippen MR) is 27.7 cm³/mol. The van der Waals surface area contributed by atoms with Crippen molar-refractivity contribution in [3.8, 4) is 0 Å². The van der Waals surface area contributed by atoms with Crippen LogP contribution in [0.3, 0.4) is 0 Å². The Kier molecular flexibility index (Phi) is 2.13. The Morgan fingerprint density at radius 1 is 2.00 bits per heavy atom. The molecule has 0 spiro atoms. The average molecular weight is 84.1 g/mol. The van der Waals surface area contributed by atoms with Crippen molar-refractivity contribution in [1.82, 2.24) is 0 Å². The summed E-state index contributed by atoms with van der Waals surface area (Å²) >= 11 is 0. The van der Waals surface area contributed by atoms with Crippen molar-refractivity contribution >= 4 is 5.84 Å². The topological polar surface area (TPSA) is 38.4 Å². The zero-order valence-corrected chi connectivity index (χ0v) is 3.81. The molecule has 0 aliphatic rings. The van der Waals surface area contributed by atoms with E-state index in [1.165, 1.54) is 6.08 Å². The van der Waals surface area contributed by atoms with Gasteiger partial charge in [-0.05, 0) is 6.08 Å². The summed E-state index contributed by atoms with van der Waals surface area (Å²) in [6.45, 7) is 3.38. The van der Waals surface area contributed by atoms with Crippen molar-refractivity contribution in [2.75, 3.05) is 7.05 Å². The molecule has 0 atom stereocenters. The highest BCUT2D eigenvalue weighted by Crippen LogP contribution is 1.60. The lowest BCUT2D eigenvalue weighted by atomic mass is 10.6. The molecule has 0 heterocycles. The first-order chi connectivity index (χ1) is 2.81. The van der Waals surface area contributed by atoms with E-state index in [0.29, 0.717) is 5.84 Å². The molecule has 0 aromatic carbocycles. The van der Waals surface area contributed by atoms with Gasteiger partial charge >= 0.3 is 0 Å². The highest BCUT2D eigenvalue weighted by molar-refractivity contribution is 5.90. The van der Waals surface area contributed by atoms with Crippen LogP contribution in [0, 0.1) is 0 Å². The minimum Gasteiger partial charge on any atom is -0.384 e. The summed E-state index contributed by atoms with van der Waals surface area (Å²) in [6.07, 6.45) is 1.50. The highest BCUT2D eigenvalue weighted by atomic mass is 14.8. The first kappa shape index (κ1) is 5.21. The molecular weight excluding hydrogens is 76.1 g/mol. The SMILES string of the molecule is C=C/C(N)=N\C. The summed E-state index contributed by atoms with van der Waals surface area (Å²) in [7, 11) is 1.62. The smallest absolute Gasteiger partial charge is 0.117 e. The third kappa shape index (κ3) is 1.52. The fraction of sp³-hybridized carbons (Fsp3) is 0.250. The highest BCUT2D eigenvalue weighted by Gasteiger charge is 1.68. The van der Waals surface area contributed by atoms with Crippen LogP contribution in [0.5, 0.6) is 0 Å². The quantitative estimate of drug-likeness (QED) is 0.356. The average Bonchev–Trinajstić information content (AvgIpc) is 1.65. The number of nitrogens with zero attached hydrogens (tertiary/aromatic N) is 1. The lowest BCUT2D eigenvalue weighted by molar-refractivity contribution is 1.41. The van der Waals surface area contributed by atoms with Gasteiger partial charge in [0.15, 0.2) is 0 Å². The second-order valence-electron chi connectivity index (χ2n) is 0.853. The van der Waals surface area contributed by atoms with E-state index in [1.807, 2.05) is 0 Å².